The lowest BCUT2D eigenvalue weighted by Gasteiger charge is -2.41. The molecule has 5 aromatic heterocycles. The summed E-state index contributed by atoms with van der Waals surface area (Å²) in [6, 6.07) is 10.6. The maximum absolute atomic E-state index is 13.4. The molecule has 2 aliphatic heterocycles. The summed E-state index contributed by atoms with van der Waals surface area (Å²) in [4.78, 5) is 61.2. The van der Waals surface area contributed by atoms with Crippen molar-refractivity contribution in [1.29, 1.82) is 5.26 Å². The van der Waals surface area contributed by atoms with E-state index in [9.17, 15) is 29.4 Å². The van der Waals surface area contributed by atoms with Gasteiger partial charge in [0.1, 0.15) is 30.7 Å². The summed E-state index contributed by atoms with van der Waals surface area (Å²) in [5.74, 6) is -0.0250. The average Bonchev–Trinajstić information content (AvgIpc) is 4.11. The molecular weight excluding hydrogens is 925 g/mol. The van der Waals surface area contributed by atoms with Gasteiger partial charge >= 0.3 is 15.0 Å². The maximum atomic E-state index is 13.4. The van der Waals surface area contributed by atoms with Crippen molar-refractivity contribution in [3.05, 3.63) is 77.6 Å². The number of carbonyl (C=O) groups excluding carboxylic acids is 1. The molecule has 23 nitrogen and oxygen atoms in total. The van der Waals surface area contributed by atoms with Crippen molar-refractivity contribution in [3.8, 4) is 6.07 Å². The molecule has 1 aromatic carbocycles. The minimum atomic E-state index is -3.92. The molecule has 8 rings (SSSR count). The number of hydrogen-bond donors (Lipinski definition) is 4. The van der Waals surface area contributed by atoms with Gasteiger partial charge in [0, 0.05) is 24.4 Å². The third kappa shape index (κ3) is 9.64. The van der Waals surface area contributed by atoms with Crippen molar-refractivity contribution in [1.82, 2.24) is 43.4 Å². The van der Waals surface area contributed by atoms with Gasteiger partial charge in [-0.1, -0.05) is 39.0 Å². The lowest BCUT2D eigenvalue weighted by atomic mass is 10.1. The number of carbonyl (C=O) groups is 1. The van der Waals surface area contributed by atoms with Crippen molar-refractivity contribution in [2.75, 3.05) is 25.1 Å². The van der Waals surface area contributed by atoms with Crippen LogP contribution in [0.5, 0.6) is 0 Å². The van der Waals surface area contributed by atoms with E-state index in [-0.39, 0.29) is 65.0 Å². The van der Waals surface area contributed by atoms with E-state index in [0.29, 0.717) is 5.56 Å². The van der Waals surface area contributed by atoms with Crippen molar-refractivity contribution in [2.45, 2.75) is 94.7 Å². The first kappa shape index (κ1) is 46.9. The monoisotopic (exact) mass is 971 g/mol. The molecule has 2 saturated heterocycles. The molecule has 9 atom stereocenters. The van der Waals surface area contributed by atoms with Gasteiger partial charge < -0.3 is 47.8 Å². The summed E-state index contributed by atoms with van der Waals surface area (Å²) < 4.78 is 60.9. The van der Waals surface area contributed by atoms with Crippen LogP contribution in [0.4, 0.5) is 5.82 Å². The Morgan fingerprint density at radius 2 is 1.82 bits per heavy atom. The molecule has 346 valence electrons. The van der Waals surface area contributed by atoms with Gasteiger partial charge in [0.05, 0.1) is 51.1 Å². The Hall–Kier alpha value is -4.64. The molecule has 2 fully saturated rings. The SMILES string of the molecule is CC(C)(C)[Si](C)(C)O[C@@H]1[C@H](OP(=S)(OCCC#N)OC[C@@H]2C[C@@H](O[PH](=O)O)[C@H](n3cnc4c(NC(=O)c5ccccc5)ncnc43)O2)[C@@H](CO)O[C@H]1n1cnc2c(=O)n3cc[nH]c3nc21. The van der Waals surface area contributed by atoms with Gasteiger partial charge in [-0.3, -0.25) is 32.2 Å². The molecule has 2 aliphatic rings. The number of hydrogen-bond acceptors (Lipinski definition) is 18. The van der Waals surface area contributed by atoms with Gasteiger partial charge in [-0.25, -0.2) is 19.9 Å². The number of nitrogens with zero attached hydrogens (tertiary/aromatic N) is 9. The number of amides is 1. The minimum Gasteiger partial charge on any atom is -0.407 e. The van der Waals surface area contributed by atoms with Crippen LogP contribution in [-0.4, -0.2) is 118 Å². The maximum Gasteiger partial charge on any atom is 0.327 e. The van der Waals surface area contributed by atoms with E-state index in [1.165, 1.54) is 27.9 Å². The summed E-state index contributed by atoms with van der Waals surface area (Å²) in [5, 5.41) is 22.7. The topological polar surface area (TPSA) is 287 Å². The number of ether oxygens (including phenoxy) is 2. The highest BCUT2D eigenvalue weighted by Crippen LogP contribution is 2.55. The fraction of sp³-hybridized carbons (Fsp3) is 0.474. The average molecular weight is 972 g/mol. The largest absolute Gasteiger partial charge is 0.407 e. The normalized spacial score (nSPS) is 24.1. The Labute approximate surface area is 377 Å². The van der Waals surface area contributed by atoms with E-state index < -0.39 is 84.3 Å². The second-order valence-corrected chi connectivity index (χ2v) is 25.2. The number of rotatable bonds is 17. The van der Waals surface area contributed by atoms with Crippen LogP contribution < -0.4 is 10.9 Å². The van der Waals surface area contributed by atoms with E-state index in [4.69, 9.17) is 43.8 Å². The quantitative estimate of drug-likeness (QED) is 0.0561. The molecule has 0 aliphatic carbocycles. The predicted molar refractivity (Wildman–Crippen MR) is 238 cm³/mol. The molecule has 0 saturated carbocycles. The molecule has 27 heteroatoms. The van der Waals surface area contributed by atoms with E-state index in [2.05, 4.69) is 56.0 Å². The number of imidazole rings is 3. The van der Waals surface area contributed by atoms with Crippen molar-refractivity contribution in [2.24, 2.45) is 0 Å². The van der Waals surface area contributed by atoms with Gasteiger partial charge in [-0.05, 0) is 42.1 Å². The zero-order valence-corrected chi connectivity index (χ0v) is 39.4. The first-order chi connectivity index (χ1) is 31.0. The van der Waals surface area contributed by atoms with Gasteiger partial charge in [0.15, 0.2) is 48.9 Å². The number of aromatic amines is 1. The third-order valence-electron chi connectivity index (χ3n) is 11.5. The molecule has 0 bridgehead atoms. The van der Waals surface area contributed by atoms with Crippen molar-refractivity contribution >= 4 is 74.9 Å². The summed E-state index contributed by atoms with van der Waals surface area (Å²) in [6.07, 6.45) is -0.0493. The number of aliphatic hydroxyl groups excluding tert-OH is 1. The van der Waals surface area contributed by atoms with Gasteiger partial charge in [0.25, 0.3) is 11.5 Å². The van der Waals surface area contributed by atoms with Crippen molar-refractivity contribution in [3.63, 3.8) is 0 Å². The Morgan fingerprint density at radius 3 is 2.52 bits per heavy atom. The van der Waals surface area contributed by atoms with E-state index in [1.54, 1.807) is 47.3 Å². The molecule has 2 unspecified atom stereocenters. The Morgan fingerprint density at radius 1 is 1.08 bits per heavy atom. The highest BCUT2D eigenvalue weighted by molar-refractivity contribution is 8.07. The predicted octanol–water partition coefficient (Wildman–Crippen LogP) is 4.36. The fourth-order valence-electron chi connectivity index (χ4n) is 7.27. The Bertz CT molecular complexity index is 2870. The third-order valence-corrected chi connectivity index (χ3v) is 18.8. The van der Waals surface area contributed by atoms with Gasteiger partial charge in [-0.2, -0.15) is 10.2 Å². The Balaban J connectivity index is 1.07. The van der Waals surface area contributed by atoms with Gasteiger partial charge in [0.2, 0.25) is 5.78 Å². The highest BCUT2D eigenvalue weighted by atomic mass is 32.5. The second kappa shape index (κ2) is 18.9. The molecule has 1 amide bonds. The standard InChI is InChI=1S/C38H47N11O12P2SSi/c1-38(2,3)65(4,5)61-29-28(25(17-50)58-36(29)49-21-44-27-32(49)46-37-40-13-14-47(37)34(27)52)60-63(64,55-15-9-12-39)56-18-23-16-24(59-62(53)54)35(57-23)48-20-43-26-30(41-19-42-31(26)48)45-33(51)22-10-7-6-8-11-22/h6-8,10-11,13-14,19-21,23-25,28-29,35-36,50,62H,9,15-18H2,1-5H3,(H,40,46)(H,53,54)(H,41,42,45,51)/t23-,24+,25+,28+,29+,35+,36+,63?/m0/s1. The number of nitriles is 1. The number of anilines is 1. The number of H-pyrrole nitrogens is 1. The molecule has 0 spiro atoms. The number of aromatic nitrogens is 9. The molecule has 6 aromatic rings. The summed E-state index contributed by atoms with van der Waals surface area (Å²) in [7, 11) is -6.20. The lowest BCUT2D eigenvalue weighted by Crippen LogP contribution is -2.49. The zero-order valence-electron chi connectivity index (χ0n) is 35.7. The summed E-state index contributed by atoms with van der Waals surface area (Å²) in [6.45, 7) is 5.31. The number of fused-ring (bicyclic) bond motifs is 3. The first-order valence-corrected chi connectivity index (χ1v) is 27.1. The lowest BCUT2D eigenvalue weighted by molar-refractivity contribution is -0.0523. The fourth-order valence-corrected chi connectivity index (χ4v) is 11.1. The number of aliphatic hydroxyl groups is 1. The molecular formula is C38H47N11O12P2SSi. The van der Waals surface area contributed by atoms with Crippen LogP contribution in [0, 0.1) is 11.3 Å². The van der Waals surface area contributed by atoms with E-state index in [1.807, 2.05) is 19.2 Å². The van der Waals surface area contributed by atoms with E-state index >= 15 is 0 Å². The van der Waals surface area contributed by atoms with Crippen LogP contribution in [0.1, 0.15) is 56.4 Å². The minimum absolute atomic E-state index is 0.0251. The number of benzene rings is 1. The zero-order chi connectivity index (χ0) is 46.3. The van der Waals surface area contributed by atoms with Crippen LogP contribution in [0.3, 0.4) is 0 Å². The van der Waals surface area contributed by atoms with Crippen LogP contribution in [0.15, 0.2) is 66.5 Å². The molecule has 4 N–H and O–H groups in total. The number of nitrogens with one attached hydrogen (secondary N) is 2. The van der Waals surface area contributed by atoms with E-state index in [0.717, 1.165) is 0 Å². The van der Waals surface area contributed by atoms with Crippen LogP contribution in [0.25, 0.3) is 28.1 Å². The molecule has 7 heterocycles. The van der Waals surface area contributed by atoms with Crippen LogP contribution in [0.2, 0.25) is 18.1 Å². The van der Waals surface area contributed by atoms with Gasteiger partial charge in [-0.15, -0.1) is 0 Å². The van der Waals surface area contributed by atoms with Crippen LogP contribution in [-0.2, 0) is 48.4 Å². The highest BCUT2D eigenvalue weighted by Gasteiger charge is 2.54. The summed E-state index contributed by atoms with van der Waals surface area (Å²) >= 11 is 6.02. The summed E-state index contributed by atoms with van der Waals surface area (Å²) in [5.41, 5.74) is 0.717. The van der Waals surface area contributed by atoms with Crippen molar-refractivity contribution < 1.29 is 51.4 Å². The smallest absolute Gasteiger partial charge is 0.327 e. The second-order valence-electron chi connectivity index (χ2n) is 16.7. The first-order valence-electron chi connectivity index (χ1n) is 20.4. The Kier molecular flexibility index (Phi) is 13.6. The van der Waals surface area contributed by atoms with Crippen LogP contribution >= 0.6 is 15.0 Å². The molecule has 0 radical (unpaired) electrons. The molecule has 65 heavy (non-hydrogen) atoms.